The topological polar surface area (TPSA) is 45.3 Å². The molecule has 5 heteroatoms. The van der Waals surface area contributed by atoms with E-state index in [4.69, 9.17) is 4.43 Å². The second kappa shape index (κ2) is 9.29. The minimum Gasteiger partial charge on any atom is -0.393 e. The molecule has 92 valence electrons. The number of likely N-dealkylation sites (N-methyl/N-ethyl adjacent to an activating group) is 1. The lowest BCUT2D eigenvalue weighted by Crippen LogP contribution is -2.55. The first-order chi connectivity index (χ1) is 7.06. The van der Waals surface area contributed by atoms with E-state index >= 15 is 0 Å². The van der Waals surface area contributed by atoms with Crippen molar-refractivity contribution in [1.29, 1.82) is 0 Å². The molecule has 3 N–H and O–H groups in total. The first-order valence-electron chi connectivity index (χ1n) is 5.90. The largest absolute Gasteiger partial charge is 0.393 e. The van der Waals surface area contributed by atoms with Gasteiger partial charge in [0, 0.05) is 13.2 Å². The van der Waals surface area contributed by atoms with Crippen LogP contribution in [0.5, 0.6) is 0 Å². The Morgan fingerprint density at radius 3 is 2.00 bits per heavy atom. The molecule has 0 fully saturated rings. The molecule has 4 nitrogen and oxygen atoms in total. The van der Waals surface area contributed by atoms with Crippen LogP contribution in [0, 0.1) is 0 Å². The monoisotopic (exact) mass is 233 g/mol. The summed E-state index contributed by atoms with van der Waals surface area (Å²) in [5, 5.41) is 3.25. The van der Waals surface area contributed by atoms with Gasteiger partial charge < -0.3 is 19.7 Å². The Labute approximate surface area is 96.0 Å². The number of hydrogen-bond acceptors (Lipinski definition) is 4. The molecule has 0 saturated carbocycles. The highest BCUT2D eigenvalue weighted by molar-refractivity contribution is 6.46. The molecule has 0 spiro atoms. The first-order valence-corrected chi connectivity index (χ1v) is 7.53. The molecule has 0 amide bonds. The van der Waals surface area contributed by atoms with Crippen molar-refractivity contribution in [3.8, 4) is 0 Å². The van der Waals surface area contributed by atoms with Gasteiger partial charge in [-0.25, -0.2) is 0 Å². The quantitative estimate of drug-likeness (QED) is 0.397. The van der Waals surface area contributed by atoms with Crippen LogP contribution in [0.4, 0.5) is 0 Å². The Bertz CT molecular complexity index is 135. The van der Waals surface area contributed by atoms with Gasteiger partial charge in [0.25, 0.3) is 0 Å². The van der Waals surface area contributed by atoms with Crippen LogP contribution < -0.4 is 15.3 Å². The van der Waals surface area contributed by atoms with Gasteiger partial charge in [0.2, 0.25) is 0 Å². The van der Waals surface area contributed by atoms with Gasteiger partial charge in [-0.1, -0.05) is 34.6 Å². The first kappa shape index (κ1) is 15.1. The Kier molecular flexibility index (Phi) is 9.33. The van der Waals surface area contributed by atoms with E-state index in [-0.39, 0.29) is 0 Å². The minimum atomic E-state index is -1.43. The Balaban J connectivity index is 3.69. The van der Waals surface area contributed by atoms with E-state index in [1.165, 1.54) is 0 Å². The van der Waals surface area contributed by atoms with E-state index in [1.54, 1.807) is 0 Å². The van der Waals surface area contributed by atoms with Crippen LogP contribution in [-0.2, 0) is 4.43 Å². The molecule has 0 saturated heterocycles. The van der Waals surface area contributed by atoms with Crippen molar-refractivity contribution in [2.45, 2.75) is 46.7 Å². The van der Waals surface area contributed by atoms with E-state index in [2.05, 4.69) is 49.9 Å². The highest BCUT2D eigenvalue weighted by atomic mass is 28.3. The van der Waals surface area contributed by atoms with Gasteiger partial charge in [-0.05, 0) is 18.6 Å². The Morgan fingerprint density at radius 2 is 1.60 bits per heavy atom. The fourth-order valence-corrected chi connectivity index (χ4v) is 3.03. The third-order valence-corrected chi connectivity index (χ3v) is 4.29. The fraction of sp³-hybridized carbons (Fsp3) is 1.00. The summed E-state index contributed by atoms with van der Waals surface area (Å²) in [5.41, 5.74) is 0. The zero-order valence-electron chi connectivity index (χ0n) is 10.8. The van der Waals surface area contributed by atoms with Crippen molar-refractivity contribution in [3.63, 3.8) is 0 Å². The maximum absolute atomic E-state index is 5.82. The highest BCUT2D eigenvalue weighted by Crippen LogP contribution is 1.86. The van der Waals surface area contributed by atoms with Gasteiger partial charge in [0.1, 0.15) is 0 Å². The average Bonchev–Trinajstić information content (AvgIpc) is 2.10. The molecule has 0 aromatic carbocycles. The third kappa shape index (κ3) is 10.3. The van der Waals surface area contributed by atoms with Crippen LogP contribution in [0.25, 0.3) is 0 Å². The highest BCUT2D eigenvalue weighted by Gasteiger charge is 2.13. The lowest BCUT2D eigenvalue weighted by molar-refractivity contribution is 0.294. The maximum Gasteiger partial charge on any atom is 0.335 e. The molecule has 15 heavy (non-hydrogen) atoms. The summed E-state index contributed by atoms with van der Waals surface area (Å²) in [4.78, 5) is 6.93. The SMILES string of the molecule is CCNCCO[SiH](NC(C)C)NC(C)C. The van der Waals surface area contributed by atoms with E-state index < -0.39 is 9.36 Å². The summed E-state index contributed by atoms with van der Waals surface area (Å²) in [6.07, 6.45) is 0. The van der Waals surface area contributed by atoms with Gasteiger partial charge in [0.05, 0.1) is 0 Å². The second-order valence-electron chi connectivity index (χ2n) is 4.25. The standard InChI is InChI=1S/C10H27N3OSi/c1-6-11-7-8-14-15(12-9(2)3)13-10(4)5/h9-13,15H,6-8H2,1-5H3. The molecule has 0 unspecified atom stereocenters. The minimum absolute atomic E-state index is 0.479. The normalized spacial score (nSPS) is 12.0. The van der Waals surface area contributed by atoms with E-state index in [1.807, 2.05) is 0 Å². The zero-order chi connectivity index (χ0) is 11.7. The molecule has 0 radical (unpaired) electrons. The van der Waals surface area contributed by atoms with Crippen molar-refractivity contribution in [3.05, 3.63) is 0 Å². The van der Waals surface area contributed by atoms with Crippen LogP contribution in [0.2, 0.25) is 0 Å². The fourth-order valence-electron chi connectivity index (χ4n) is 1.18. The molecular formula is C10H27N3OSi. The molecular weight excluding hydrogens is 206 g/mol. The zero-order valence-corrected chi connectivity index (χ0v) is 11.9. The van der Waals surface area contributed by atoms with Gasteiger partial charge in [-0.2, -0.15) is 0 Å². The van der Waals surface area contributed by atoms with Crippen LogP contribution in [0.1, 0.15) is 34.6 Å². The Hall–Kier alpha value is 0.0569. The van der Waals surface area contributed by atoms with Gasteiger partial charge in [0.15, 0.2) is 0 Å². The molecule has 0 atom stereocenters. The summed E-state index contributed by atoms with van der Waals surface area (Å²) in [5.74, 6) is 0. The molecule has 0 aliphatic rings. The molecule has 0 aliphatic heterocycles. The van der Waals surface area contributed by atoms with Gasteiger partial charge in [-0.15, -0.1) is 0 Å². The number of nitrogens with one attached hydrogen (secondary N) is 3. The van der Waals surface area contributed by atoms with Crippen LogP contribution >= 0.6 is 0 Å². The van der Waals surface area contributed by atoms with Crippen LogP contribution in [0.3, 0.4) is 0 Å². The van der Waals surface area contributed by atoms with E-state index in [9.17, 15) is 0 Å². The van der Waals surface area contributed by atoms with E-state index in [0.29, 0.717) is 12.1 Å². The smallest absolute Gasteiger partial charge is 0.335 e. The molecule has 0 aromatic rings. The lowest BCUT2D eigenvalue weighted by Gasteiger charge is -2.22. The van der Waals surface area contributed by atoms with Crippen molar-refractivity contribution in [2.75, 3.05) is 19.7 Å². The van der Waals surface area contributed by atoms with Crippen LogP contribution in [0.15, 0.2) is 0 Å². The average molecular weight is 233 g/mol. The maximum atomic E-state index is 5.82. The van der Waals surface area contributed by atoms with E-state index in [0.717, 1.165) is 19.7 Å². The molecule has 0 aromatic heterocycles. The second-order valence-corrected chi connectivity index (χ2v) is 6.01. The molecule has 0 bridgehead atoms. The lowest BCUT2D eigenvalue weighted by atomic mass is 10.4. The van der Waals surface area contributed by atoms with Crippen molar-refractivity contribution in [2.24, 2.45) is 0 Å². The summed E-state index contributed by atoms with van der Waals surface area (Å²) in [6, 6.07) is 0.958. The third-order valence-electron chi connectivity index (χ3n) is 1.78. The Morgan fingerprint density at radius 1 is 1.07 bits per heavy atom. The van der Waals surface area contributed by atoms with Crippen LogP contribution in [-0.4, -0.2) is 41.1 Å². The summed E-state index contributed by atoms with van der Waals surface area (Å²) < 4.78 is 5.82. The summed E-state index contributed by atoms with van der Waals surface area (Å²) in [7, 11) is -1.43. The molecule has 0 heterocycles. The van der Waals surface area contributed by atoms with Crippen molar-refractivity contribution >= 4 is 9.36 Å². The predicted octanol–water partition coefficient (Wildman–Crippen LogP) is 0.326. The van der Waals surface area contributed by atoms with Gasteiger partial charge in [-0.3, -0.25) is 0 Å². The van der Waals surface area contributed by atoms with Crippen molar-refractivity contribution in [1.82, 2.24) is 15.3 Å². The van der Waals surface area contributed by atoms with Crippen molar-refractivity contribution < 1.29 is 4.43 Å². The summed E-state index contributed by atoms with van der Waals surface area (Å²) in [6.45, 7) is 13.4. The number of hydrogen-bond donors (Lipinski definition) is 3. The predicted molar refractivity (Wildman–Crippen MR) is 68.2 cm³/mol. The summed E-state index contributed by atoms with van der Waals surface area (Å²) >= 11 is 0. The number of rotatable bonds is 9. The van der Waals surface area contributed by atoms with Gasteiger partial charge >= 0.3 is 9.36 Å². The molecule has 0 aliphatic carbocycles. The molecule has 0 rings (SSSR count).